The first-order chi connectivity index (χ1) is 8.49. The number of rotatable bonds is 2. The third kappa shape index (κ3) is 2.64. The maximum Gasteiger partial charge on any atom is 0.159 e. The second kappa shape index (κ2) is 5.22. The van der Waals surface area contributed by atoms with E-state index in [0.29, 0.717) is 15.9 Å². The molecule has 94 valence electrons. The molecule has 18 heavy (non-hydrogen) atoms. The molecule has 1 heterocycles. The van der Waals surface area contributed by atoms with E-state index in [-0.39, 0.29) is 0 Å². The van der Waals surface area contributed by atoms with Crippen molar-refractivity contribution in [3.05, 3.63) is 45.7 Å². The molecule has 0 unspecified atom stereocenters. The van der Waals surface area contributed by atoms with Crippen LogP contribution in [0.1, 0.15) is 24.3 Å². The minimum absolute atomic E-state index is 0.468. The van der Waals surface area contributed by atoms with Crippen molar-refractivity contribution in [1.29, 1.82) is 0 Å². The van der Waals surface area contributed by atoms with Gasteiger partial charge in [-0.05, 0) is 32.0 Å². The summed E-state index contributed by atoms with van der Waals surface area (Å²) in [4.78, 5) is 8.59. The smallest absolute Gasteiger partial charge is 0.159 e. The highest BCUT2D eigenvalue weighted by Crippen LogP contribution is 2.27. The van der Waals surface area contributed by atoms with Gasteiger partial charge in [-0.1, -0.05) is 23.2 Å². The zero-order chi connectivity index (χ0) is 13.3. The Kier molecular flexibility index (Phi) is 3.85. The Morgan fingerprint density at radius 1 is 1.22 bits per heavy atom. The van der Waals surface area contributed by atoms with Crippen molar-refractivity contribution in [2.45, 2.75) is 20.0 Å². The molecule has 2 aromatic rings. The van der Waals surface area contributed by atoms with Crippen molar-refractivity contribution in [2.75, 3.05) is 0 Å². The second-order valence-corrected chi connectivity index (χ2v) is 4.85. The fraction of sp³-hybridized carbons (Fsp3) is 0.231. The molecule has 1 atom stereocenters. The highest BCUT2D eigenvalue weighted by atomic mass is 35.5. The van der Waals surface area contributed by atoms with E-state index in [2.05, 4.69) is 9.97 Å². The van der Waals surface area contributed by atoms with Gasteiger partial charge in [0.05, 0.1) is 16.1 Å². The summed E-state index contributed by atoms with van der Waals surface area (Å²) < 4.78 is 0. The molecule has 1 N–H and O–H groups in total. The molecule has 3 nitrogen and oxygen atoms in total. The van der Waals surface area contributed by atoms with Gasteiger partial charge >= 0.3 is 0 Å². The summed E-state index contributed by atoms with van der Waals surface area (Å²) in [5.41, 5.74) is 2.27. The van der Waals surface area contributed by atoms with Gasteiger partial charge in [0.2, 0.25) is 0 Å². The van der Waals surface area contributed by atoms with Crippen LogP contribution in [0.4, 0.5) is 0 Å². The number of halogens is 2. The Balaban J connectivity index is 2.45. The van der Waals surface area contributed by atoms with Gasteiger partial charge in [0.1, 0.15) is 0 Å². The van der Waals surface area contributed by atoms with Crippen LogP contribution in [0.5, 0.6) is 0 Å². The van der Waals surface area contributed by atoms with Crippen LogP contribution in [0.25, 0.3) is 11.4 Å². The first-order valence-electron chi connectivity index (χ1n) is 5.46. The Morgan fingerprint density at radius 2 is 1.94 bits per heavy atom. The predicted octanol–water partition coefficient (Wildman–Crippen LogP) is 3.81. The maximum absolute atomic E-state index is 9.53. The van der Waals surface area contributed by atoms with Crippen molar-refractivity contribution < 1.29 is 5.11 Å². The monoisotopic (exact) mass is 282 g/mol. The molecular formula is C13H12Cl2N2O. The highest BCUT2D eigenvalue weighted by Gasteiger charge is 2.10. The quantitative estimate of drug-likeness (QED) is 0.911. The van der Waals surface area contributed by atoms with Crippen LogP contribution in [0.3, 0.4) is 0 Å². The van der Waals surface area contributed by atoms with Crippen molar-refractivity contribution in [3.8, 4) is 11.4 Å². The number of nitrogens with zero attached hydrogens (tertiary/aromatic N) is 2. The molecule has 0 radical (unpaired) electrons. The third-order valence-electron chi connectivity index (χ3n) is 2.65. The maximum atomic E-state index is 9.53. The standard InChI is InChI=1S/C13H12Cl2N2O/c1-7-10(8(2)18)6-16-13(17-7)9-3-4-11(14)12(15)5-9/h3-6,8,18H,1-2H3/t8-/m1/s1. The van der Waals surface area contributed by atoms with Crippen LogP contribution in [0.15, 0.2) is 24.4 Å². The molecule has 0 amide bonds. The van der Waals surface area contributed by atoms with Crippen LogP contribution < -0.4 is 0 Å². The van der Waals surface area contributed by atoms with Crippen molar-refractivity contribution in [2.24, 2.45) is 0 Å². The number of aliphatic hydroxyl groups excluding tert-OH is 1. The molecule has 1 aromatic heterocycles. The van der Waals surface area contributed by atoms with E-state index in [1.165, 1.54) is 0 Å². The molecule has 0 fully saturated rings. The summed E-state index contributed by atoms with van der Waals surface area (Å²) in [7, 11) is 0. The van der Waals surface area contributed by atoms with Crippen LogP contribution in [-0.2, 0) is 0 Å². The van der Waals surface area contributed by atoms with Gasteiger partial charge in [-0.15, -0.1) is 0 Å². The zero-order valence-corrected chi connectivity index (χ0v) is 11.5. The van der Waals surface area contributed by atoms with E-state index in [9.17, 15) is 5.11 Å². The largest absolute Gasteiger partial charge is 0.389 e. The van der Waals surface area contributed by atoms with Crippen LogP contribution in [0, 0.1) is 6.92 Å². The molecule has 2 rings (SSSR count). The third-order valence-corrected chi connectivity index (χ3v) is 3.38. The Bertz CT molecular complexity index is 585. The van der Waals surface area contributed by atoms with Gasteiger partial charge in [-0.25, -0.2) is 9.97 Å². The van der Waals surface area contributed by atoms with Gasteiger partial charge in [0.15, 0.2) is 5.82 Å². The van der Waals surface area contributed by atoms with Crippen LogP contribution >= 0.6 is 23.2 Å². The lowest BCUT2D eigenvalue weighted by atomic mass is 10.1. The van der Waals surface area contributed by atoms with Crippen molar-refractivity contribution in [1.82, 2.24) is 9.97 Å². The van der Waals surface area contributed by atoms with E-state index in [1.54, 1.807) is 25.3 Å². The molecule has 0 aliphatic heterocycles. The van der Waals surface area contributed by atoms with E-state index < -0.39 is 6.10 Å². The predicted molar refractivity (Wildman–Crippen MR) is 72.9 cm³/mol. The summed E-state index contributed by atoms with van der Waals surface area (Å²) in [5.74, 6) is 0.565. The zero-order valence-electron chi connectivity index (χ0n) is 9.98. The Morgan fingerprint density at radius 3 is 2.50 bits per heavy atom. The number of hydrogen-bond acceptors (Lipinski definition) is 3. The summed E-state index contributed by atoms with van der Waals surface area (Å²) in [5, 5.41) is 10.5. The van der Waals surface area contributed by atoms with E-state index >= 15 is 0 Å². The second-order valence-electron chi connectivity index (χ2n) is 4.04. The molecule has 0 aliphatic rings. The van der Waals surface area contributed by atoms with Gasteiger partial charge in [0, 0.05) is 23.0 Å². The fourth-order valence-electron chi connectivity index (χ4n) is 1.66. The van der Waals surface area contributed by atoms with Gasteiger partial charge in [-0.3, -0.25) is 0 Å². The van der Waals surface area contributed by atoms with E-state index in [0.717, 1.165) is 16.8 Å². The number of aliphatic hydroxyl groups is 1. The molecule has 0 bridgehead atoms. The summed E-state index contributed by atoms with van der Waals surface area (Å²) in [6, 6.07) is 5.24. The average molecular weight is 283 g/mol. The lowest BCUT2D eigenvalue weighted by Gasteiger charge is -2.09. The van der Waals surface area contributed by atoms with Gasteiger partial charge in [0.25, 0.3) is 0 Å². The normalized spacial score (nSPS) is 12.5. The van der Waals surface area contributed by atoms with Gasteiger partial charge in [-0.2, -0.15) is 0 Å². The van der Waals surface area contributed by atoms with Crippen LogP contribution in [0.2, 0.25) is 10.0 Å². The molecule has 5 heteroatoms. The first-order valence-corrected chi connectivity index (χ1v) is 6.21. The number of benzene rings is 1. The van der Waals surface area contributed by atoms with E-state index in [1.807, 2.05) is 13.0 Å². The van der Waals surface area contributed by atoms with Crippen molar-refractivity contribution in [3.63, 3.8) is 0 Å². The number of aryl methyl sites for hydroxylation is 1. The first kappa shape index (κ1) is 13.3. The Hall–Kier alpha value is -1.16. The highest BCUT2D eigenvalue weighted by molar-refractivity contribution is 6.42. The van der Waals surface area contributed by atoms with Crippen molar-refractivity contribution >= 4 is 23.2 Å². The molecule has 0 spiro atoms. The molecule has 0 aliphatic carbocycles. The summed E-state index contributed by atoms with van der Waals surface area (Å²) >= 11 is 11.8. The fourth-order valence-corrected chi connectivity index (χ4v) is 1.96. The van der Waals surface area contributed by atoms with Gasteiger partial charge < -0.3 is 5.11 Å². The molecular weight excluding hydrogens is 271 g/mol. The lowest BCUT2D eigenvalue weighted by Crippen LogP contribution is -2.01. The SMILES string of the molecule is Cc1nc(-c2ccc(Cl)c(Cl)c2)ncc1[C@@H](C)O. The molecule has 1 aromatic carbocycles. The minimum atomic E-state index is -0.576. The summed E-state index contributed by atoms with van der Waals surface area (Å²) in [6.07, 6.45) is 1.05. The topological polar surface area (TPSA) is 46.0 Å². The average Bonchev–Trinajstić information content (AvgIpc) is 2.32. The van der Waals surface area contributed by atoms with Crippen LogP contribution in [-0.4, -0.2) is 15.1 Å². The molecule has 0 saturated heterocycles. The van der Waals surface area contributed by atoms with E-state index in [4.69, 9.17) is 23.2 Å². The minimum Gasteiger partial charge on any atom is -0.389 e. The number of aromatic nitrogens is 2. The lowest BCUT2D eigenvalue weighted by molar-refractivity contribution is 0.197. The Labute approximate surface area is 115 Å². The molecule has 0 saturated carbocycles. The summed E-state index contributed by atoms with van der Waals surface area (Å²) in [6.45, 7) is 3.52. The number of hydrogen-bond donors (Lipinski definition) is 1.